The summed E-state index contributed by atoms with van der Waals surface area (Å²) in [6, 6.07) is 65.8. The van der Waals surface area contributed by atoms with E-state index in [0.29, 0.717) is 16.9 Å². The van der Waals surface area contributed by atoms with E-state index in [0.717, 1.165) is 62.0 Å². The molecular formula is C65H52N2O. The van der Waals surface area contributed by atoms with Crippen LogP contribution in [0.4, 0.5) is 17.1 Å². The summed E-state index contributed by atoms with van der Waals surface area (Å²) in [5, 5.41) is 11.7. The molecule has 15 rings (SSSR count). The van der Waals surface area contributed by atoms with Gasteiger partial charge in [-0.05, 0) is 195 Å². The summed E-state index contributed by atoms with van der Waals surface area (Å²) in [6.45, 7) is 2.57. The van der Waals surface area contributed by atoms with Crippen LogP contribution in [0.2, 0.25) is 0 Å². The molecule has 3 spiro atoms. The molecule has 8 aromatic carbocycles. The number of anilines is 3. The van der Waals surface area contributed by atoms with Crippen LogP contribution < -0.4 is 4.90 Å². The molecule has 2 bridgehead atoms. The largest absolute Gasteiger partial charge is 0.456 e. The number of fused-ring (bicyclic) bond motifs is 15. The van der Waals surface area contributed by atoms with Crippen molar-refractivity contribution in [3.63, 3.8) is 0 Å². The Hall–Kier alpha value is -7.15. The van der Waals surface area contributed by atoms with Gasteiger partial charge in [-0.3, -0.25) is 0 Å². The minimum absolute atomic E-state index is 0.0449. The third kappa shape index (κ3) is 5.24. The molecule has 6 aliphatic rings. The van der Waals surface area contributed by atoms with Gasteiger partial charge in [0.15, 0.2) is 0 Å². The topological polar surface area (TPSA) is 40.2 Å². The number of nitrogens with zero attached hydrogens (tertiary/aromatic N) is 2. The van der Waals surface area contributed by atoms with Crippen LogP contribution in [0, 0.1) is 34.5 Å². The first-order valence-electron chi connectivity index (χ1n) is 25.3. The van der Waals surface area contributed by atoms with Crippen molar-refractivity contribution < 1.29 is 4.42 Å². The van der Waals surface area contributed by atoms with E-state index in [2.05, 4.69) is 163 Å². The molecule has 0 saturated heterocycles. The van der Waals surface area contributed by atoms with E-state index in [-0.39, 0.29) is 10.8 Å². The highest BCUT2D eigenvalue weighted by Gasteiger charge is 2.70. The first-order chi connectivity index (χ1) is 33.4. The highest BCUT2D eigenvalue weighted by molar-refractivity contribution is 6.07. The zero-order valence-corrected chi connectivity index (χ0v) is 38.6. The third-order valence-corrected chi connectivity index (χ3v) is 18.6. The molecule has 2 unspecified atom stereocenters. The number of nitriles is 1. The van der Waals surface area contributed by atoms with Gasteiger partial charge in [0.05, 0.1) is 11.6 Å². The quantitative estimate of drug-likeness (QED) is 0.173. The van der Waals surface area contributed by atoms with Crippen LogP contribution in [0.5, 0.6) is 0 Å². The van der Waals surface area contributed by atoms with Gasteiger partial charge in [0.2, 0.25) is 0 Å². The van der Waals surface area contributed by atoms with Gasteiger partial charge in [0.25, 0.3) is 0 Å². The van der Waals surface area contributed by atoms with Crippen molar-refractivity contribution in [3.05, 3.63) is 198 Å². The maximum absolute atomic E-state index is 9.43. The van der Waals surface area contributed by atoms with E-state index in [4.69, 9.17) is 4.42 Å². The second-order valence-corrected chi connectivity index (χ2v) is 21.7. The van der Waals surface area contributed by atoms with Gasteiger partial charge < -0.3 is 9.32 Å². The van der Waals surface area contributed by atoms with Crippen molar-refractivity contribution >= 4 is 39.0 Å². The van der Waals surface area contributed by atoms with Crippen LogP contribution in [0.3, 0.4) is 0 Å². The number of rotatable bonds is 5. The van der Waals surface area contributed by atoms with Crippen molar-refractivity contribution in [1.82, 2.24) is 0 Å². The first kappa shape index (κ1) is 38.9. The second-order valence-electron chi connectivity index (χ2n) is 21.7. The third-order valence-electron chi connectivity index (χ3n) is 18.6. The molecular weight excluding hydrogens is 825 g/mol. The normalized spacial score (nSPS) is 24.1. The van der Waals surface area contributed by atoms with Crippen molar-refractivity contribution in [2.45, 2.75) is 75.5 Å². The first-order valence-corrected chi connectivity index (χ1v) is 25.3. The smallest absolute Gasteiger partial charge is 0.137 e. The lowest BCUT2D eigenvalue weighted by Gasteiger charge is -2.48. The van der Waals surface area contributed by atoms with Crippen LogP contribution in [0.15, 0.2) is 174 Å². The summed E-state index contributed by atoms with van der Waals surface area (Å²) in [7, 11) is 0. The molecule has 68 heavy (non-hydrogen) atoms. The zero-order valence-electron chi connectivity index (χ0n) is 38.6. The molecule has 4 fully saturated rings. The predicted molar refractivity (Wildman–Crippen MR) is 277 cm³/mol. The lowest BCUT2D eigenvalue weighted by molar-refractivity contribution is 0.130. The maximum Gasteiger partial charge on any atom is 0.137 e. The van der Waals surface area contributed by atoms with Crippen LogP contribution in [-0.4, -0.2) is 0 Å². The Morgan fingerprint density at radius 2 is 1.09 bits per heavy atom. The van der Waals surface area contributed by atoms with Gasteiger partial charge in [-0.15, -0.1) is 0 Å². The molecule has 1 aromatic heterocycles. The molecule has 4 saturated carbocycles. The number of furan rings is 1. The maximum atomic E-state index is 9.43. The molecule has 3 heteroatoms. The van der Waals surface area contributed by atoms with Crippen LogP contribution >= 0.6 is 0 Å². The Bertz CT molecular complexity index is 3620. The van der Waals surface area contributed by atoms with Crippen LogP contribution in [0.25, 0.3) is 66.4 Å². The summed E-state index contributed by atoms with van der Waals surface area (Å²) in [6.07, 6.45) is 11.8. The lowest BCUT2D eigenvalue weighted by Crippen LogP contribution is -2.44. The molecule has 9 aromatic rings. The molecule has 5 atom stereocenters. The van der Waals surface area contributed by atoms with Crippen molar-refractivity contribution in [2.24, 2.45) is 23.2 Å². The van der Waals surface area contributed by atoms with Gasteiger partial charge in [-0.25, -0.2) is 0 Å². The minimum atomic E-state index is 0.0449. The number of hydrogen-bond acceptors (Lipinski definition) is 3. The summed E-state index contributed by atoms with van der Waals surface area (Å²) in [5.74, 6) is 2.35. The standard InChI is InChI=1S/C65H52N2O/c1-40-36-63-37-46(63)33-47(38-63)65(40)58-12-6-4-10-52(58)56-31-44(20-28-59(56)65)45-19-25-54-55-27-24-50(35-62(55)68-61(54)32-45)67(48-21-17-43(18-22-48)42-15-13-41(39-66)14-16-42)49-23-26-53-51-9-3-5-11-57(51)64(60(53)34-49)29-7-2-8-30-64/h3-6,9-28,31-32,34-35,40,46-47H,2,7-8,29-30,33,36-38H2,1H3/t40-,46-,47?,63?,65+/m0/s1. The Morgan fingerprint density at radius 1 is 0.500 bits per heavy atom. The Morgan fingerprint density at radius 3 is 1.88 bits per heavy atom. The molecule has 328 valence electrons. The molecule has 0 amide bonds. The molecule has 0 radical (unpaired) electrons. The van der Waals surface area contributed by atoms with E-state index >= 15 is 0 Å². The van der Waals surface area contributed by atoms with Crippen LogP contribution in [-0.2, 0) is 10.8 Å². The van der Waals surface area contributed by atoms with Crippen molar-refractivity contribution in [3.8, 4) is 50.6 Å². The Labute approximate surface area is 398 Å². The van der Waals surface area contributed by atoms with E-state index in [1.54, 1.807) is 11.1 Å². The van der Waals surface area contributed by atoms with E-state index in [1.807, 2.05) is 24.3 Å². The average Bonchev–Trinajstić information content (AvgIpc) is 3.63. The number of benzene rings is 8. The molecule has 0 N–H and O–H groups in total. The lowest BCUT2D eigenvalue weighted by atomic mass is 9.55. The summed E-state index contributed by atoms with van der Waals surface area (Å²) >= 11 is 0. The fraction of sp³-hybridized carbons (Fsp3) is 0.246. The van der Waals surface area contributed by atoms with Gasteiger partial charge in [-0.1, -0.05) is 123 Å². The molecule has 1 heterocycles. The highest BCUT2D eigenvalue weighted by atomic mass is 16.3. The average molecular weight is 877 g/mol. The zero-order chi connectivity index (χ0) is 44.9. The fourth-order valence-corrected chi connectivity index (χ4v) is 15.6. The van der Waals surface area contributed by atoms with E-state index in [9.17, 15) is 5.26 Å². The number of hydrogen-bond donors (Lipinski definition) is 0. The monoisotopic (exact) mass is 876 g/mol. The molecule has 0 aliphatic heterocycles. The van der Waals surface area contributed by atoms with Crippen molar-refractivity contribution in [2.75, 3.05) is 4.90 Å². The fourth-order valence-electron chi connectivity index (χ4n) is 15.6. The van der Waals surface area contributed by atoms with Gasteiger partial charge >= 0.3 is 0 Å². The van der Waals surface area contributed by atoms with E-state index < -0.39 is 0 Å². The van der Waals surface area contributed by atoms with Gasteiger partial charge in [0.1, 0.15) is 11.2 Å². The summed E-state index contributed by atoms with van der Waals surface area (Å²) < 4.78 is 6.93. The SMILES string of the molecule is C[C@H]1CC23CC(C[C@H]2C3)[C@@]12c1ccccc1-c1cc(-c3ccc4c(c3)oc3cc(N(c5ccc(-c6ccc(C#N)cc6)cc5)c5ccc6c(c5)C5(CCCCC5)c5ccccc5-6)ccc34)ccc12. The van der Waals surface area contributed by atoms with Crippen LogP contribution in [0.1, 0.15) is 92.5 Å². The van der Waals surface area contributed by atoms with E-state index in [1.165, 1.54) is 102 Å². The van der Waals surface area contributed by atoms with Gasteiger partial charge in [-0.2, -0.15) is 5.26 Å². The molecule has 3 nitrogen and oxygen atoms in total. The second kappa shape index (κ2) is 14.0. The molecule has 6 aliphatic carbocycles. The van der Waals surface area contributed by atoms with Gasteiger partial charge in [0, 0.05) is 44.7 Å². The summed E-state index contributed by atoms with van der Waals surface area (Å²) in [5.41, 5.74) is 23.0. The highest BCUT2D eigenvalue weighted by Crippen LogP contribution is 2.78. The Balaban J connectivity index is 0.829. The Kier molecular flexibility index (Phi) is 7.99. The summed E-state index contributed by atoms with van der Waals surface area (Å²) in [4.78, 5) is 2.41. The predicted octanol–water partition coefficient (Wildman–Crippen LogP) is 17.2. The van der Waals surface area contributed by atoms with Crippen molar-refractivity contribution in [1.29, 1.82) is 5.26 Å². The minimum Gasteiger partial charge on any atom is -0.456 e.